The van der Waals surface area contributed by atoms with Crippen molar-refractivity contribution < 1.29 is 14.3 Å². The standard InChI is InChI=1S/C18H17N3O3S/c1-11-4-6-12(7-5-11)16(22)19-18-21-20-17(25-18)13-8-9-14(23-2)15(10-13)24-3/h4-10H,1-3H3,(H,19,21,22). The topological polar surface area (TPSA) is 73.3 Å². The molecule has 6 nitrogen and oxygen atoms in total. The number of carbonyl (C=O) groups excluding carboxylic acids is 1. The summed E-state index contributed by atoms with van der Waals surface area (Å²) >= 11 is 1.29. The van der Waals surface area contributed by atoms with Crippen molar-refractivity contribution in [2.45, 2.75) is 6.92 Å². The lowest BCUT2D eigenvalue weighted by Crippen LogP contribution is -2.11. The molecule has 0 aliphatic rings. The van der Waals surface area contributed by atoms with Crippen molar-refractivity contribution in [3.63, 3.8) is 0 Å². The molecule has 1 heterocycles. The third-order valence-electron chi connectivity index (χ3n) is 3.59. The number of methoxy groups -OCH3 is 2. The van der Waals surface area contributed by atoms with Gasteiger partial charge in [0.1, 0.15) is 5.01 Å². The molecule has 2 aromatic carbocycles. The molecule has 0 fully saturated rings. The quantitative estimate of drug-likeness (QED) is 0.754. The van der Waals surface area contributed by atoms with Gasteiger partial charge in [-0.05, 0) is 37.3 Å². The molecular weight excluding hydrogens is 338 g/mol. The van der Waals surface area contributed by atoms with E-state index in [4.69, 9.17) is 9.47 Å². The van der Waals surface area contributed by atoms with Crippen LogP contribution in [0, 0.1) is 6.92 Å². The molecule has 0 saturated heterocycles. The molecule has 128 valence electrons. The number of benzene rings is 2. The van der Waals surface area contributed by atoms with Crippen LogP contribution in [0.5, 0.6) is 11.5 Å². The maximum Gasteiger partial charge on any atom is 0.257 e. The van der Waals surface area contributed by atoms with Crippen LogP contribution in [0.1, 0.15) is 15.9 Å². The van der Waals surface area contributed by atoms with Crippen molar-refractivity contribution in [3.8, 4) is 22.1 Å². The number of nitrogens with one attached hydrogen (secondary N) is 1. The van der Waals surface area contributed by atoms with Gasteiger partial charge < -0.3 is 9.47 Å². The molecule has 0 aliphatic heterocycles. The minimum atomic E-state index is -0.213. The SMILES string of the molecule is COc1ccc(-c2nnc(NC(=O)c3ccc(C)cc3)s2)cc1OC. The monoisotopic (exact) mass is 355 g/mol. The Bertz CT molecular complexity index is 891. The van der Waals surface area contributed by atoms with Gasteiger partial charge in [-0.15, -0.1) is 10.2 Å². The maximum absolute atomic E-state index is 12.2. The summed E-state index contributed by atoms with van der Waals surface area (Å²) in [7, 11) is 3.16. The van der Waals surface area contributed by atoms with E-state index >= 15 is 0 Å². The van der Waals surface area contributed by atoms with Crippen molar-refractivity contribution in [1.29, 1.82) is 0 Å². The van der Waals surface area contributed by atoms with Gasteiger partial charge in [0, 0.05) is 11.1 Å². The van der Waals surface area contributed by atoms with E-state index in [2.05, 4.69) is 15.5 Å². The van der Waals surface area contributed by atoms with Crippen molar-refractivity contribution in [1.82, 2.24) is 10.2 Å². The van der Waals surface area contributed by atoms with Crippen LogP contribution in [0.3, 0.4) is 0 Å². The lowest BCUT2D eigenvalue weighted by atomic mass is 10.1. The van der Waals surface area contributed by atoms with Crippen LogP contribution in [-0.2, 0) is 0 Å². The second kappa shape index (κ2) is 7.31. The summed E-state index contributed by atoms with van der Waals surface area (Å²) in [6, 6.07) is 12.8. The molecule has 7 heteroatoms. The lowest BCUT2D eigenvalue weighted by molar-refractivity contribution is 0.102. The van der Waals surface area contributed by atoms with Gasteiger partial charge in [0.2, 0.25) is 5.13 Å². The highest BCUT2D eigenvalue weighted by molar-refractivity contribution is 7.18. The van der Waals surface area contributed by atoms with Crippen molar-refractivity contribution in [3.05, 3.63) is 53.6 Å². The van der Waals surface area contributed by atoms with Crippen molar-refractivity contribution in [2.24, 2.45) is 0 Å². The van der Waals surface area contributed by atoms with Gasteiger partial charge in [-0.1, -0.05) is 29.0 Å². The van der Waals surface area contributed by atoms with Gasteiger partial charge in [0.05, 0.1) is 14.2 Å². The molecule has 0 radical (unpaired) electrons. The predicted octanol–water partition coefficient (Wildman–Crippen LogP) is 3.78. The number of aryl methyl sites for hydroxylation is 1. The highest BCUT2D eigenvalue weighted by Gasteiger charge is 2.13. The summed E-state index contributed by atoms with van der Waals surface area (Å²) in [5.41, 5.74) is 2.52. The molecule has 3 rings (SSSR count). The largest absolute Gasteiger partial charge is 0.493 e. The number of anilines is 1. The minimum Gasteiger partial charge on any atom is -0.493 e. The number of aromatic nitrogens is 2. The first-order chi connectivity index (χ1) is 12.1. The van der Waals surface area contributed by atoms with Gasteiger partial charge >= 0.3 is 0 Å². The zero-order chi connectivity index (χ0) is 17.8. The Morgan fingerprint density at radius 2 is 1.72 bits per heavy atom. The second-order valence-corrected chi connectivity index (χ2v) is 6.28. The number of nitrogens with zero attached hydrogens (tertiary/aromatic N) is 2. The molecule has 0 atom stereocenters. The van der Waals surface area contributed by atoms with Crippen LogP contribution >= 0.6 is 11.3 Å². The Hall–Kier alpha value is -2.93. The van der Waals surface area contributed by atoms with E-state index in [9.17, 15) is 4.79 Å². The van der Waals surface area contributed by atoms with Gasteiger partial charge in [-0.3, -0.25) is 10.1 Å². The molecule has 0 spiro atoms. The normalized spacial score (nSPS) is 10.4. The molecule has 1 aromatic heterocycles. The lowest BCUT2D eigenvalue weighted by Gasteiger charge is -2.07. The fourth-order valence-corrected chi connectivity index (χ4v) is 2.97. The zero-order valence-corrected chi connectivity index (χ0v) is 14.9. The number of amides is 1. The highest BCUT2D eigenvalue weighted by Crippen LogP contribution is 2.34. The zero-order valence-electron chi connectivity index (χ0n) is 14.1. The Morgan fingerprint density at radius 3 is 2.40 bits per heavy atom. The van der Waals surface area contributed by atoms with E-state index in [1.807, 2.05) is 31.2 Å². The van der Waals surface area contributed by atoms with Crippen LogP contribution in [0.25, 0.3) is 10.6 Å². The van der Waals surface area contributed by atoms with E-state index in [1.165, 1.54) is 11.3 Å². The predicted molar refractivity (Wildman–Crippen MR) is 97.6 cm³/mol. The second-order valence-electron chi connectivity index (χ2n) is 5.30. The number of hydrogen-bond acceptors (Lipinski definition) is 6. The smallest absolute Gasteiger partial charge is 0.257 e. The van der Waals surface area contributed by atoms with Crippen LogP contribution in [-0.4, -0.2) is 30.3 Å². The number of hydrogen-bond donors (Lipinski definition) is 1. The summed E-state index contributed by atoms with van der Waals surface area (Å²) in [5, 5.41) is 12.1. The Morgan fingerprint density at radius 1 is 1.00 bits per heavy atom. The summed E-state index contributed by atoms with van der Waals surface area (Å²) in [4.78, 5) is 12.2. The summed E-state index contributed by atoms with van der Waals surface area (Å²) in [6.07, 6.45) is 0. The van der Waals surface area contributed by atoms with Crippen LogP contribution in [0.15, 0.2) is 42.5 Å². The van der Waals surface area contributed by atoms with Crippen LogP contribution in [0.4, 0.5) is 5.13 Å². The summed E-state index contributed by atoms with van der Waals surface area (Å²) in [6.45, 7) is 1.97. The van der Waals surface area contributed by atoms with Gasteiger partial charge in [-0.2, -0.15) is 0 Å². The highest BCUT2D eigenvalue weighted by atomic mass is 32.1. The van der Waals surface area contributed by atoms with Gasteiger partial charge in [-0.25, -0.2) is 0 Å². The fourth-order valence-electron chi connectivity index (χ4n) is 2.23. The molecule has 0 saturated carbocycles. The van der Waals surface area contributed by atoms with Crippen LogP contribution < -0.4 is 14.8 Å². The third-order valence-corrected chi connectivity index (χ3v) is 4.48. The average molecular weight is 355 g/mol. The summed E-state index contributed by atoms with van der Waals surface area (Å²) in [5.74, 6) is 1.04. The number of ether oxygens (including phenoxy) is 2. The van der Waals surface area contributed by atoms with E-state index in [0.717, 1.165) is 11.1 Å². The fraction of sp³-hybridized carbons (Fsp3) is 0.167. The molecule has 0 bridgehead atoms. The molecule has 25 heavy (non-hydrogen) atoms. The Balaban J connectivity index is 1.78. The van der Waals surface area contributed by atoms with Gasteiger partial charge in [0.25, 0.3) is 5.91 Å². The molecule has 1 N–H and O–H groups in total. The number of rotatable bonds is 5. The third kappa shape index (κ3) is 3.77. The molecular formula is C18H17N3O3S. The molecule has 0 aliphatic carbocycles. The summed E-state index contributed by atoms with van der Waals surface area (Å²) < 4.78 is 10.5. The first-order valence-electron chi connectivity index (χ1n) is 7.54. The van der Waals surface area contributed by atoms with E-state index < -0.39 is 0 Å². The average Bonchev–Trinajstić information content (AvgIpc) is 3.10. The molecule has 3 aromatic rings. The van der Waals surface area contributed by atoms with Crippen LogP contribution in [0.2, 0.25) is 0 Å². The maximum atomic E-state index is 12.2. The van der Waals surface area contributed by atoms with E-state index in [1.54, 1.807) is 32.4 Å². The van der Waals surface area contributed by atoms with Crippen molar-refractivity contribution in [2.75, 3.05) is 19.5 Å². The first kappa shape index (κ1) is 16.9. The Kier molecular flexibility index (Phi) is 4.95. The minimum absolute atomic E-state index is 0.213. The van der Waals surface area contributed by atoms with Gasteiger partial charge in [0.15, 0.2) is 11.5 Å². The first-order valence-corrected chi connectivity index (χ1v) is 8.36. The van der Waals surface area contributed by atoms with E-state index in [-0.39, 0.29) is 5.91 Å². The number of carbonyl (C=O) groups is 1. The Labute approximate surface area is 149 Å². The molecule has 1 amide bonds. The van der Waals surface area contributed by atoms with E-state index in [0.29, 0.717) is 27.2 Å². The van der Waals surface area contributed by atoms with Crippen molar-refractivity contribution >= 4 is 22.4 Å². The molecule has 0 unspecified atom stereocenters.